The zero-order chi connectivity index (χ0) is 99.6. The third kappa shape index (κ3) is 22.6. The van der Waals surface area contributed by atoms with E-state index in [4.69, 9.17) is 37.9 Å². The van der Waals surface area contributed by atoms with Crippen molar-refractivity contribution in [2.75, 3.05) is 39.5 Å². The molecule has 2 fully saturated rings. The van der Waals surface area contributed by atoms with Gasteiger partial charge in [-0.2, -0.15) is 0 Å². The number of carbonyl (C=O) groups is 8. The first kappa shape index (κ1) is 100. The average Bonchev–Trinajstić information content (AvgIpc) is 1.22. The molecule has 0 spiro atoms. The van der Waals surface area contributed by atoms with Crippen molar-refractivity contribution in [1.29, 1.82) is 0 Å². The molecule has 0 saturated carbocycles. The first-order valence-corrected chi connectivity index (χ1v) is 49.3. The van der Waals surface area contributed by atoms with E-state index < -0.39 is 59.5 Å². The van der Waals surface area contributed by atoms with Crippen LogP contribution >= 0.6 is 0 Å². The van der Waals surface area contributed by atoms with Crippen molar-refractivity contribution in [3.63, 3.8) is 0 Å². The Labute approximate surface area is 814 Å². The average molecular weight is 1870 g/mol. The number of imide groups is 2. The molecule has 20 heteroatoms. The lowest BCUT2D eigenvalue weighted by molar-refractivity contribution is -0.147. The van der Waals surface area contributed by atoms with E-state index in [1.54, 1.807) is 24.3 Å². The van der Waals surface area contributed by atoms with Gasteiger partial charge in [0.15, 0.2) is 0 Å². The van der Waals surface area contributed by atoms with E-state index in [2.05, 4.69) is 138 Å². The van der Waals surface area contributed by atoms with Crippen molar-refractivity contribution in [2.24, 2.45) is 21.7 Å². The Kier molecular flexibility index (Phi) is 28.4. The largest absolute Gasteiger partial charge is 0.463 e. The van der Waals surface area contributed by atoms with Crippen LogP contribution < -0.4 is 18.9 Å². The van der Waals surface area contributed by atoms with Gasteiger partial charge in [0.25, 0.3) is 23.6 Å². The summed E-state index contributed by atoms with van der Waals surface area (Å²) in [5.74, 6) is -3.86. The second-order valence-electron chi connectivity index (χ2n) is 46.5. The Morgan fingerprint density at radius 3 is 0.804 bits per heavy atom. The number of rotatable bonds is 38. The summed E-state index contributed by atoms with van der Waals surface area (Å²) in [4.78, 5) is 135. The van der Waals surface area contributed by atoms with Crippen LogP contribution in [0.4, 0.5) is 0 Å². The zero-order valence-corrected chi connectivity index (χ0v) is 85.5. The number of carbonyl (C=O) groups excluding carboxylic acids is 8. The summed E-state index contributed by atoms with van der Waals surface area (Å²) < 4.78 is 52.8. The molecule has 4 heterocycles. The normalized spacial score (nSPS) is 15.8. The summed E-state index contributed by atoms with van der Waals surface area (Å²) in [6.45, 7) is 52.9. The molecule has 11 aromatic rings. The molecule has 4 atom stereocenters. The predicted molar refractivity (Wildman–Crippen MR) is 544 cm³/mol. The number of hydrogen-bond acceptors (Lipinski definition) is 16. The Balaban J connectivity index is 1.06. The first-order valence-electron chi connectivity index (χ1n) is 49.3. The van der Waals surface area contributed by atoms with E-state index >= 15 is 28.8 Å². The van der Waals surface area contributed by atoms with Crippen molar-refractivity contribution in [3.8, 4) is 46.0 Å². The Morgan fingerprint density at radius 2 is 0.587 bits per heavy atom. The van der Waals surface area contributed by atoms with Crippen LogP contribution in [0, 0.1) is 35.5 Å². The highest BCUT2D eigenvalue weighted by Gasteiger charge is 2.49. The zero-order valence-electron chi connectivity index (χ0n) is 85.5. The number of benzene rings is 11. The van der Waals surface area contributed by atoms with E-state index in [0.29, 0.717) is 49.1 Å². The molecule has 138 heavy (non-hydrogen) atoms. The summed E-state index contributed by atoms with van der Waals surface area (Å²) in [6.07, 6.45) is 3.18. The standard InChI is InChI=1S/C118H140N4O16/c1-25-27-89(109(129)119(61-73-33-29-71(3)30-34-73)55-53-95(123)133-65-83-63-131-83)121-105(125)85-57-91(135-79-45-37-75(38-46-79)115(17,18)67-111(5,6)7)99-101-93(137-81-49-41-77(42-50-81)117(21,22)69-113(11,12)13)59-87-98-88(108(128)122(107(87)127)90(28-26-2)110(130)120(62-74-35-31-72(4)32-36-74)56-54-96(124)134-66-84-64-132-84)60-94(138-82-51-43-78(44-52-82)118(23,24)70-114(14,15)16)102(104(98)101)100-92(58-86(106(121)126)97(85)103(99)100)136-80-47-39-76(40-48-80)116(19,20)68-112(8,9)10/h29-52,57-60,83-84,89-90H,25-28,53-56,61-70H2,1-24H3. The lowest BCUT2D eigenvalue weighted by Crippen LogP contribution is -2.54. The maximum atomic E-state index is 17.3. The maximum absolute atomic E-state index is 17.3. The van der Waals surface area contributed by atoms with Gasteiger partial charge in [0, 0.05) is 69.3 Å². The van der Waals surface area contributed by atoms with Crippen molar-refractivity contribution >= 4 is 90.5 Å². The van der Waals surface area contributed by atoms with Crippen LogP contribution in [0.15, 0.2) is 170 Å². The summed E-state index contributed by atoms with van der Waals surface area (Å²) in [5.41, 5.74) is 6.02. The number of ether oxygens (including phenoxy) is 8. The summed E-state index contributed by atoms with van der Waals surface area (Å²) in [5, 5.41) is 1.95. The number of amides is 6. The Bertz CT molecular complexity index is 5770. The molecule has 20 nitrogen and oxygen atoms in total. The fourth-order valence-corrected chi connectivity index (χ4v) is 21.9. The van der Waals surface area contributed by atoms with Gasteiger partial charge in [-0.05, 0) is 202 Å². The van der Waals surface area contributed by atoms with Crippen LogP contribution in [-0.4, -0.2) is 131 Å². The van der Waals surface area contributed by atoms with Crippen LogP contribution in [0.5, 0.6) is 46.0 Å². The number of fused-ring (bicyclic) bond motifs is 2. The van der Waals surface area contributed by atoms with Gasteiger partial charge in [-0.25, -0.2) is 0 Å². The third-order valence-electron chi connectivity index (χ3n) is 27.1. The van der Waals surface area contributed by atoms with Crippen molar-refractivity contribution in [1.82, 2.24) is 19.6 Å². The lowest BCUT2D eigenvalue weighted by Gasteiger charge is -2.37. The molecule has 0 aromatic heterocycles. The Morgan fingerprint density at radius 1 is 0.348 bits per heavy atom. The summed E-state index contributed by atoms with van der Waals surface area (Å²) >= 11 is 0. The quantitative estimate of drug-likeness (QED) is 0.0115. The van der Waals surface area contributed by atoms with Gasteiger partial charge in [0.05, 0.1) is 48.3 Å². The van der Waals surface area contributed by atoms with Gasteiger partial charge in [-0.15, -0.1) is 0 Å². The Hall–Kier alpha value is -12.0. The monoisotopic (exact) mass is 1870 g/mol. The highest BCUT2D eigenvalue weighted by Crippen LogP contribution is 2.59. The number of nitrogens with zero attached hydrogens (tertiary/aromatic N) is 4. The molecule has 0 radical (unpaired) electrons. The molecule has 11 aromatic carbocycles. The fourth-order valence-electron chi connectivity index (χ4n) is 21.9. The van der Waals surface area contributed by atoms with Gasteiger partial charge in [0.1, 0.15) is 83.5 Å². The molecule has 4 aliphatic rings. The molecule has 2 saturated heterocycles. The van der Waals surface area contributed by atoms with Crippen molar-refractivity contribution in [3.05, 3.63) is 237 Å². The molecule has 0 aliphatic carbocycles. The van der Waals surface area contributed by atoms with Crippen LogP contribution in [0.25, 0.3) is 43.1 Å². The minimum atomic E-state index is -1.46. The van der Waals surface area contributed by atoms with Gasteiger partial charge in [0.2, 0.25) is 11.8 Å². The number of epoxide rings is 2. The molecular formula is C118H140N4O16. The van der Waals surface area contributed by atoms with Crippen LogP contribution in [0.1, 0.15) is 302 Å². The molecule has 4 unspecified atom stereocenters. The molecule has 728 valence electrons. The molecule has 6 amide bonds. The second-order valence-corrected chi connectivity index (χ2v) is 46.5. The van der Waals surface area contributed by atoms with Gasteiger partial charge in [-0.1, -0.05) is 273 Å². The molecule has 0 N–H and O–H groups in total. The summed E-state index contributed by atoms with van der Waals surface area (Å²) in [6, 6.07) is 50.6. The van der Waals surface area contributed by atoms with Crippen LogP contribution in [0.2, 0.25) is 0 Å². The SMILES string of the molecule is CCCC(C(=O)N(CCC(=O)OCC1CO1)Cc1ccc(C)cc1)N1C(=O)c2cc(Oc3ccc(C(C)(C)CC(C)(C)C)cc3)c3c4c(Oc5ccc(C(C)(C)CC(C)(C)C)cc5)cc5c6c(cc(Oc7ccc(C(C)(C)CC(C)(C)C)cc7)c(c7c(Oc8ccc(C(C)(C)CC(C)(C)C)cc8)cc(c2c37)C1=O)c64)C(=O)N(C(CCC)C(=O)N(CCC(=O)OCC1CO1)Cc1ccc(C)cc1)C5=O. The van der Waals surface area contributed by atoms with Crippen LogP contribution in [0.3, 0.4) is 0 Å². The molecule has 15 rings (SSSR count). The van der Waals surface area contributed by atoms with Crippen molar-refractivity contribution < 1.29 is 76.3 Å². The minimum absolute atomic E-state index is 0.00802. The number of aryl methyl sites for hydroxylation is 2. The van der Waals surface area contributed by atoms with Crippen LogP contribution in [-0.2, 0) is 72.9 Å². The number of hydrogen-bond donors (Lipinski definition) is 0. The molecular weight excluding hydrogens is 1730 g/mol. The van der Waals surface area contributed by atoms with E-state index in [1.165, 1.54) is 9.80 Å². The van der Waals surface area contributed by atoms with Gasteiger partial charge in [-0.3, -0.25) is 48.2 Å². The predicted octanol–water partition coefficient (Wildman–Crippen LogP) is 26.6. The summed E-state index contributed by atoms with van der Waals surface area (Å²) in [7, 11) is 0. The van der Waals surface area contributed by atoms with Crippen molar-refractivity contribution in [2.45, 2.75) is 289 Å². The van der Waals surface area contributed by atoms with E-state index in [9.17, 15) is 9.59 Å². The second kappa shape index (κ2) is 39.0. The lowest BCUT2D eigenvalue weighted by atomic mass is 9.72. The van der Waals surface area contributed by atoms with E-state index in [1.807, 2.05) is 173 Å². The molecule has 0 bridgehead atoms. The highest BCUT2D eigenvalue weighted by molar-refractivity contribution is 6.45. The van der Waals surface area contributed by atoms with E-state index in [-0.39, 0.29) is 209 Å². The smallest absolute Gasteiger partial charge is 0.307 e. The highest BCUT2D eigenvalue weighted by atomic mass is 16.6. The van der Waals surface area contributed by atoms with Gasteiger partial charge < -0.3 is 47.7 Å². The fraction of sp³-hybridized carbons (Fsp3) is 0.458. The number of esters is 2. The molecule has 4 aliphatic heterocycles. The van der Waals surface area contributed by atoms with E-state index in [0.717, 1.165) is 80.0 Å². The third-order valence-corrected chi connectivity index (χ3v) is 27.1. The first-order chi connectivity index (χ1) is 64.8. The van der Waals surface area contributed by atoms with Gasteiger partial charge >= 0.3 is 11.9 Å². The topological polar surface area (TPSA) is 230 Å². The minimum Gasteiger partial charge on any atom is -0.463 e. The maximum Gasteiger partial charge on any atom is 0.307 e.